The number of alkyl halides is 1. The van der Waals surface area contributed by atoms with Crippen molar-refractivity contribution in [2.75, 3.05) is 18.9 Å². The second kappa shape index (κ2) is 13.2. The summed E-state index contributed by atoms with van der Waals surface area (Å²) < 4.78 is 53.6. The summed E-state index contributed by atoms with van der Waals surface area (Å²) in [5, 5.41) is 17.9. The van der Waals surface area contributed by atoms with Crippen molar-refractivity contribution in [3.63, 3.8) is 0 Å². The summed E-state index contributed by atoms with van der Waals surface area (Å²) >= 11 is 5.95. The summed E-state index contributed by atoms with van der Waals surface area (Å²) in [6.07, 6.45) is -0.171. The topological polar surface area (TPSA) is 172 Å². The number of aliphatic hydroxyl groups excluding tert-OH is 1. The lowest BCUT2D eigenvalue weighted by molar-refractivity contribution is -0.146. The van der Waals surface area contributed by atoms with Gasteiger partial charge in [-0.25, -0.2) is 23.4 Å². The second-order valence-corrected chi connectivity index (χ2v) is 12.3. The van der Waals surface area contributed by atoms with Crippen molar-refractivity contribution in [2.45, 2.75) is 70.6 Å². The van der Waals surface area contributed by atoms with Crippen molar-refractivity contribution in [1.29, 1.82) is 0 Å². The van der Waals surface area contributed by atoms with Crippen LogP contribution in [0.4, 0.5) is 10.2 Å². The fraction of sp³-hybridized carbons (Fsp3) is 0.538. The van der Waals surface area contributed by atoms with Gasteiger partial charge in [0.2, 0.25) is 0 Å². The lowest BCUT2D eigenvalue weighted by Crippen LogP contribution is -2.40. The molecule has 42 heavy (non-hydrogen) atoms. The molecule has 1 aromatic carbocycles. The zero-order valence-corrected chi connectivity index (χ0v) is 25.3. The van der Waals surface area contributed by atoms with Gasteiger partial charge in [-0.2, -0.15) is 10.2 Å². The number of hydrogen-bond acceptors (Lipinski definition) is 11. The summed E-state index contributed by atoms with van der Waals surface area (Å²) in [7, 11) is -4.34. The first kappa shape index (κ1) is 32.1. The average molecular weight is 629 g/mol. The third-order valence-corrected chi connectivity index (χ3v) is 9.04. The molecule has 13 nitrogen and oxygen atoms in total. The average Bonchev–Trinajstić information content (AvgIpc) is 3.48. The van der Waals surface area contributed by atoms with E-state index in [-0.39, 0.29) is 35.4 Å². The Morgan fingerprint density at radius 3 is 2.67 bits per heavy atom. The molecule has 0 amide bonds. The standard InChI is InChI=1S/C26H35ClFN6O7P/c1-5-16(6-2)12-38-25(36)15(3)33-42(37,41-18-9-7-17(27)8-10-18)39-13-20-21(35)26(4,28)22(40-20)19-11-30-24-23(29)31-14-32-34(19)24/h7-11,14-16,20-22,35H,5-6,12-13H2,1-4H3,(H,33,37)(H2,29,31,32)/t15-,20+,21+,22-,26+,42?/m0/s1. The van der Waals surface area contributed by atoms with Crippen LogP contribution in [0.25, 0.3) is 5.65 Å². The normalized spacial score (nSPS) is 24.5. The number of benzene rings is 1. The molecule has 3 heterocycles. The minimum absolute atomic E-state index is 0.0779. The van der Waals surface area contributed by atoms with Gasteiger partial charge in [0, 0.05) is 5.02 Å². The Hall–Kier alpha value is -2.87. The highest BCUT2D eigenvalue weighted by Gasteiger charge is 2.56. The Morgan fingerprint density at radius 1 is 1.31 bits per heavy atom. The monoisotopic (exact) mass is 628 g/mol. The minimum atomic E-state index is -4.34. The van der Waals surface area contributed by atoms with Crippen LogP contribution < -0.4 is 15.3 Å². The molecule has 230 valence electrons. The Bertz CT molecular complexity index is 1420. The van der Waals surface area contributed by atoms with Crippen molar-refractivity contribution in [3.05, 3.63) is 47.5 Å². The van der Waals surface area contributed by atoms with E-state index in [0.717, 1.165) is 19.8 Å². The molecule has 6 atom stereocenters. The number of aliphatic hydroxyl groups is 1. The summed E-state index contributed by atoms with van der Waals surface area (Å²) in [6, 6.07) is 4.86. The molecule has 16 heteroatoms. The molecule has 4 N–H and O–H groups in total. The van der Waals surface area contributed by atoms with Crippen molar-refractivity contribution >= 4 is 36.8 Å². The number of imidazole rings is 1. The molecule has 0 aliphatic carbocycles. The Balaban J connectivity index is 1.51. The van der Waals surface area contributed by atoms with Gasteiger partial charge in [-0.15, -0.1) is 0 Å². The number of nitrogens with two attached hydrogens (primary N) is 1. The molecule has 1 fully saturated rings. The number of nitrogen functional groups attached to an aromatic ring is 1. The Morgan fingerprint density at radius 2 is 2.00 bits per heavy atom. The molecule has 2 aromatic heterocycles. The molecule has 1 aliphatic heterocycles. The third kappa shape index (κ3) is 7.01. The molecule has 0 radical (unpaired) electrons. The first-order valence-electron chi connectivity index (χ1n) is 13.5. The van der Waals surface area contributed by atoms with Crippen LogP contribution >= 0.6 is 19.3 Å². The van der Waals surface area contributed by atoms with Crippen molar-refractivity contribution in [1.82, 2.24) is 24.7 Å². The van der Waals surface area contributed by atoms with Crippen LogP contribution in [0, 0.1) is 5.92 Å². The highest BCUT2D eigenvalue weighted by molar-refractivity contribution is 7.52. The summed E-state index contributed by atoms with van der Waals surface area (Å²) in [5.41, 5.74) is 3.88. The highest BCUT2D eigenvalue weighted by Crippen LogP contribution is 2.49. The van der Waals surface area contributed by atoms with Gasteiger partial charge in [0.25, 0.3) is 0 Å². The summed E-state index contributed by atoms with van der Waals surface area (Å²) in [4.78, 5) is 20.7. The highest BCUT2D eigenvalue weighted by atomic mass is 35.5. The van der Waals surface area contributed by atoms with E-state index in [0.29, 0.717) is 5.02 Å². The number of fused-ring (bicyclic) bond motifs is 1. The van der Waals surface area contributed by atoms with E-state index in [1.807, 2.05) is 13.8 Å². The van der Waals surface area contributed by atoms with Crippen LogP contribution in [0.1, 0.15) is 52.3 Å². The number of aromatic nitrogens is 4. The lowest BCUT2D eigenvalue weighted by atomic mass is 9.93. The first-order valence-corrected chi connectivity index (χ1v) is 15.4. The van der Waals surface area contributed by atoms with E-state index in [1.54, 1.807) is 0 Å². The van der Waals surface area contributed by atoms with Gasteiger partial charge in [-0.05, 0) is 44.0 Å². The number of carbonyl (C=O) groups excluding carboxylic acids is 1. The lowest BCUT2D eigenvalue weighted by Gasteiger charge is -2.25. The van der Waals surface area contributed by atoms with E-state index in [9.17, 15) is 14.5 Å². The van der Waals surface area contributed by atoms with Crippen molar-refractivity contribution < 1.29 is 37.4 Å². The van der Waals surface area contributed by atoms with Crippen molar-refractivity contribution in [3.8, 4) is 5.75 Å². The zero-order valence-electron chi connectivity index (χ0n) is 23.6. The van der Waals surface area contributed by atoms with Crippen molar-refractivity contribution in [2.24, 2.45) is 5.92 Å². The van der Waals surface area contributed by atoms with E-state index in [4.69, 9.17) is 35.9 Å². The molecular weight excluding hydrogens is 594 g/mol. The van der Waals surface area contributed by atoms with Crippen LogP contribution in [0.2, 0.25) is 5.02 Å². The van der Waals surface area contributed by atoms with E-state index in [1.165, 1.54) is 48.2 Å². The van der Waals surface area contributed by atoms with Gasteiger partial charge in [0.05, 0.1) is 25.1 Å². The number of rotatable bonds is 13. The van der Waals surface area contributed by atoms with Crippen LogP contribution in [0.5, 0.6) is 5.75 Å². The van der Waals surface area contributed by atoms with Gasteiger partial charge < -0.3 is 24.8 Å². The number of carbonyl (C=O) groups is 1. The number of nitrogens with one attached hydrogen (secondary N) is 1. The first-order chi connectivity index (χ1) is 19.9. The maximum Gasteiger partial charge on any atom is 0.459 e. The fourth-order valence-corrected chi connectivity index (χ4v) is 6.08. The predicted octanol–water partition coefficient (Wildman–Crippen LogP) is 4.05. The Labute approximate surface area is 247 Å². The number of ether oxygens (including phenoxy) is 2. The van der Waals surface area contributed by atoms with Gasteiger partial charge in [-0.1, -0.05) is 38.3 Å². The van der Waals surface area contributed by atoms with Gasteiger partial charge >= 0.3 is 13.7 Å². The van der Waals surface area contributed by atoms with Crippen LogP contribution in [-0.4, -0.2) is 67.8 Å². The van der Waals surface area contributed by atoms with Gasteiger partial charge in [0.1, 0.15) is 36.4 Å². The van der Waals surface area contributed by atoms with Crippen LogP contribution in [-0.2, 0) is 23.4 Å². The molecule has 1 unspecified atom stereocenters. The molecule has 1 aliphatic rings. The SMILES string of the molecule is CCC(CC)COC(=O)[C@H](C)NP(=O)(OC[C@H]1O[C@@H](c2cnc3c(N)ncnn23)[C@](C)(F)[C@@H]1O)Oc1ccc(Cl)cc1. The largest absolute Gasteiger partial charge is 0.464 e. The molecule has 4 rings (SSSR count). The number of nitrogens with zero attached hydrogens (tertiary/aromatic N) is 4. The zero-order chi connectivity index (χ0) is 30.7. The third-order valence-electron chi connectivity index (χ3n) is 7.15. The van der Waals surface area contributed by atoms with Gasteiger partial charge in [0.15, 0.2) is 17.1 Å². The summed E-state index contributed by atoms with van der Waals surface area (Å²) in [6.45, 7) is 6.24. The Kier molecular flexibility index (Phi) is 10.1. The number of anilines is 1. The molecule has 0 spiro atoms. The molecular formula is C26H35ClFN6O7P. The van der Waals surface area contributed by atoms with Crippen LogP contribution in [0.15, 0.2) is 36.8 Å². The van der Waals surface area contributed by atoms with E-state index in [2.05, 4.69) is 20.2 Å². The van der Waals surface area contributed by atoms with Gasteiger partial charge in [-0.3, -0.25) is 9.32 Å². The molecule has 1 saturated heterocycles. The molecule has 3 aromatic rings. The van der Waals surface area contributed by atoms with E-state index >= 15 is 4.39 Å². The second-order valence-electron chi connectivity index (χ2n) is 10.2. The van der Waals surface area contributed by atoms with Crippen LogP contribution in [0.3, 0.4) is 0 Å². The maximum atomic E-state index is 15.9. The number of halogens is 2. The number of hydrogen-bond donors (Lipinski definition) is 3. The molecule has 0 saturated carbocycles. The van der Waals surface area contributed by atoms with E-state index < -0.39 is 50.3 Å². The minimum Gasteiger partial charge on any atom is -0.464 e. The smallest absolute Gasteiger partial charge is 0.459 e. The maximum absolute atomic E-state index is 15.9. The quantitative estimate of drug-likeness (QED) is 0.183. The fourth-order valence-electron chi connectivity index (χ4n) is 4.46. The number of esters is 1. The molecule has 0 bridgehead atoms. The summed E-state index contributed by atoms with van der Waals surface area (Å²) in [5.74, 6) is -0.270. The predicted molar refractivity (Wildman–Crippen MR) is 152 cm³/mol.